The van der Waals surface area contributed by atoms with Crippen molar-refractivity contribution in [3.05, 3.63) is 30.3 Å². The maximum atomic E-state index is 9.04. The van der Waals surface area contributed by atoms with Crippen molar-refractivity contribution < 1.29 is 29.5 Å². The quantitative estimate of drug-likeness (QED) is 0.395. The third kappa shape index (κ3) is 8.41. The van der Waals surface area contributed by atoms with E-state index in [2.05, 4.69) is 10.3 Å². The Bertz CT molecular complexity index is 623. The van der Waals surface area contributed by atoms with Gasteiger partial charge in [-0.1, -0.05) is 31.0 Å². The van der Waals surface area contributed by atoms with E-state index >= 15 is 0 Å². The van der Waals surface area contributed by atoms with Crippen molar-refractivity contribution in [2.24, 2.45) is 0 Å². The standard InChI is InChI=1S/C19H28N2O.C2H2O4/c1-4-10-16(11-5-1)20-19(21-17-12-6-2-7-13-17)22-18-14-8-3-9-15-18;3-1(4)2(5)6/h3,8-9,14-17H,1-2,4-7,10-13H2,(H,20,21);(H,3,4)(H,5,6). The summed E-state index contributed by atoms with van der Waals surface area (Å²) < 4.78 is 6.11. The predicted octanol–water partition coefficient (Wildman–Crippen LogP) is 0.578. The molecule has 0 radical (unpaired) electrons. The molecule has 0 saturated heterocycles. The van der Waals surface area contributed by atoms with E-state index in [1.165, 1.54) is 64.2 Å². The Balaban J connectivity index is 0.000000409. The van der Waals surface area contributed by atoms with Gasteiger partial charge in [-0.25, -0.2) is 15.1 Å². The summed E-state index contributed by atoms with van der Waals surface area (Å²) in [6, 6.07) is 12.1. The van der Waals surface area contributed by atoms with Crippen LogP contribution in [0.2, 0.25) is 0 Å². The van der Waals surface area contributed by atoms with E-state index in [0.29, 0.717) is 12.1 Å². The highest BCUT2D eigenvalue weighted by atomic mass is 16.5. The minimum atomic E-state index is -2.07. The molecule has 0 aromatic heterocycles. The second kappa shape index (κ2) is 12.0. The summed E-state index contributed by atoms with van der Waals surface area (Å²) in [5.41, 5.74) is 0. The summed E-state index contributed by atoms with van der Waals surface area (Å²) in [4.78, 5) is 21.7. The normalized spacial score (nSPS) is 18.5. The molecule has 0 unspecified atom stereocenters. The zero-order chi connectivity index (χ0) is 20.2. The molecule has 2 saturated carbocycles. The highest BCUT2D eigenvalue weighted by molar-refractivity contribution is 6.26. The van der Waals surface area contributed by atoms with Crippen LogP contribution in [0.1, 0.15) is 64.2 Å². The SMILES string of the molecule is O=C([O-])C(=O)O.c1ccc(OC(NC2CCCCC2)=[NH+]C2CCCCC2)cc1. The van der Waals surface area contributed by atoms with Crippen molar-refractivity contribution in [1.82, 2.24) is 5.32 Å². The Labute approximate surface area is 165 Å². The molecule has 3 N–H and O–H groups in total. The second-order valence-corrected chi connectivity index (χ2v) is 7.30. The van der Waals surface area contributed by atoms with E-state index < -0.39 is 11.9 Å². The lowest BCUT2D eigenvalue weighted by atomic mass is 9.95. The number of carbonyl (C=O) groups excluding carboxylic acids is 1. The van der Waals surface area contributed by atoms with Crippen molar-refractivity contribution in [2.75, 3.05) is 0 Å². The van der Waals surface area contributed by atoms with Gasteiger partial charge in [-0.15, -0.1) is 0 Å². The fourth-order valence-electron chi connectivity index (χ4n) is 3.57. The number of carbonyl (C=O) groups is 2. The molecule has 0 heterocycles. The number of carboxylic acid groups (broad SMARTS) is 2. The topological polar surface area (TPSA) is 113 Å². The van der Waals surface area contributed by atoms with E-state index in [1.807, 2.05) is 30.3 Å². The second-order valence-electron chi connectivity index (χ2n) is 7.30. The van der Waals surface area contributed by atoms with Gasteiger partial charge >= 0.3 is 12.0 Å². The van der Waals surface area contributed by atoms with Crippen molar-refractivity contribution in [1.29, 1.82) is 0 Å². The maximum absolute atomic E-state index is 9.04. The van der Waals surface area contributed by atoms with Crippen LogP contribution in [0.5, 0.6) is 5.75 Å². The molecule has 154 valence electrons. The van der Waals surface area contributed by atoms with Crippen LogP contribution in [0.15, 0.2) is 30.3 Å². The van der Waals surface area contributed by atoms with Crippen LogP contribution in [-0.4, -0.2) is 35.2 Å². The summed E-state index contributed by atoms with van der Waals surface area (Å²) in [5.74, 6) is -3.10. The number of carboxylic acids is 2. The Kier molecular flexibility index (Phi) is 9.31. The van der Waals surface area contributed by atoms with Gasteiger partial charge in [0.05, 0.1) is 12.1 Å². The number of benzene rings is 1. The average molecular weight is 390 g/mol. The molecule has 7 heteroatoms. The Morgan fingerprint density at radius 2 is 1.50 bits per heavy atom. The van der Waals surface area contributed by atoms with E-state index in [-0.39, 0.29) is 0 Å². The first-order valence-electron chi connectivity index (χ1n) is 10.1. The van der Waals surface area contributed by atoms with Crippen LogP contribution in [0.4, 0.5) is 0 Å². The molecule has 0 amide bonds. The van der Waals surface area contributed by atoms with E-state index in [1.54, 1.807) is 0 Å². The molecule has 1 aromatic rings. The molecular formula is C21H30N2O5. The number of hydrogen-bond acceptors (Lipinski definition) is 4. The molecule has 1 aromatic carbocycles. The molecule has 7 nitrogen and oxygen atoms in total. The fraction of sp³-hybridized carbons (Fsp3) is 0.571. The predicted molar refractivity (Wildman–Crippen MR) is 103 cm³/mol. The van der Waals surface area contributed by atoms with Crippen LogP contribution < -0.4 is 20.2 Å². The fourth-order valence-corrected chi connectivity index (χ4v) is 3.57. The van der Waals surface area contributed by atoms with Gasteiger partial charge in [0, 0.05) is 0 Å². The van der Waals surface area contributed by atoms with Gasteiger partial charge in [0.1, 0.15) is 5.75 Å². The minimum Gasteiger partial charge on any atom is -0.539 e. The molecule has 2 fully saturated rings. The van der Waals surface area contributed by atoms with E-state index in [4.69, 9.17) is 24.5 Å². The number of aliphatic carboxylic acids is 2. The van der Waals surface area contributed by atoms with Gasteiger partial charge in [-0.3, -0.25) is 0 Å². The number of para-hydroxylation sites is 1. The average Bonchev–Trinajstić information content (AvgIpc) is 2.71. The lowest BCUT2D eigenvalue weighted by Crippen LogP contribution is -2.84. The van der Waals surface area contributed by atoms with Crippen LogP contribution >= 0.6 is 0 Å². The molecule has 0 bridgehead atoms. The number of hydrogen-bond donors (Lipinski definition) is 3. The van der Waals surface area contributed by atoms with Crippen molar-refractivity contribution >= 4 is 18.0 Å². The van der Waals surface area contributed by atoms with Gasteiger partial charge in [0.25, 0.3) is 0 Å². The van der Waals surface area contributed by atoms with Gasteiger partial charge in [0.15, 0.2) is 5.97 Å². The Morgan fingerprint density at radius 3 is 2.04 bits per heavy atom. The first-order valence-corrected chi connectivity index (χ1v) is 10.1. The van der Waals surface area contributed by atoms with Gasteiger partial charge in [0.2, 0.25) is 0 Å². The smallest absolute Gasteiger partial charge is 0.447 e. The number of rotatable bonds is 3. The molecule has 0 aliphatic heterocycles. The molecule has 0 atom stereocenters. The Morgan fingerprint density at radius 1 is 0.964 bits per heavy atom. The van der Waals surface area contributed by atoms with Crippen LogP contribution in [-0.2, 0) is 9.59 Å². The van der Waals surface area contributed by atoms with Crippen molar-refractivity contribution in [3.8, 4) is 5.75 Å². The summed E-state index contributed by atoms with van der Waals surface area (Å²) in [5, 5.41) is 20.0. The lowest BCUT2D eigenvalue weighted by molar-refractivity contribution is -0.517. The van der Waals surface area contributed by atoms with E-state index in [9.17, 15) is 0 Å². The zero-order valence-electron chi connectivity index (χ0n) is 16.2. The lowest BCUT2D eigenvalue weighted by Gasteiger charge is -2.21. The molecule has 3 rings (SSSR count). The van der Waals surface area contributed by atoms with Crippen LogP contribution in [0.3, 0.4) is 0 Å². The number of ether oxygens (including phenoxy) is 1. The molecule has 28 heavy (non-hydrogen) atoms. The molecular weight excluding hydrogens is 360 g/mol. The van der Waals surface area contributed by atoms with Crippen LogP contribution in [0, 0.1) is 0 Å². The van der Waals surface area contributed by atoms with Crippen LogP contribution in [0.25, 0.3) is 0 Å². The van der Waals surface area contributed by atoms with Crippen molar-refractivity contribution in [2.45, 2.75) is 76.3 Å². The van der Waals surface area contributed by atoms with Crippen molar-refractivity contribution in [3.63, 3.8) is 0 Å². The minimum absolute atomic E-state index is 0.559. The highest BCUT2D eigenvalue weighted by Crippen LogP contribution is 2.18. The summed E-state index contributed by atoms with van der Waals surface area (Å²) in [6.45, 7) is 0. The highest BCUT2D eigenvalue weighted by Gasteiger charge is 2.23. The monoisotopic (exact) mass is 390 g/mol. The summed E-state index contributed by atoms with van der Waals surface area (Å²) >= 11 is 0. The van der Waals surface area contributed by atoms with Gasteiger partial charge in [-0.05, 0) is 63.5 Å². The van der Waals surface area contributed by atoms with Gasteiger partial charge < -0.3 is 19.7 Å². The zero-order valence-corrected chi connectivity index (χ0v) is 16.2. The molecule has 0 spiro atoms. The largest absolute Gasteiger partial charge is 0.539 e. The first-order chi connectivity index (χ1) is 13.5. The third-order valence-corrected chi connectivity index (χ3v) is 5.02. The van der Waals surface area contributed by atoms with Gasteiger partial charge in [-0.2, -0.15) is 0 Å². The first kappa shape index (κ1) is 21.7. The Hall–Kier alpha value is -2.57. The molecule has 2 aliphatic rings. The maximum Gasteiger partial charge on any atom is 0.447 e. The molecule has 2 aliphatic carbocycles. The van der Waals surface area contributed by atoms with E-state index in [0.717, 1.165) is 11.8 Å². The summed E-state index contributed by atoms with van der Waals surface area (Å²) in [7, 11) is 0. The number of nitrogens with one attached hydrogen (secondary N) is 2. The third-order valence-electron chi connectivity index (χ3n) is 5.02. The summed E-state index contributed by atoms with van der Waals surface area (Å²) in [6.07, 6.45) is 13.1. The number of amidine groups is 1.